The van der Waals surface area contributed by atoms with Gasteiger partial charge in [-0.15, -0.1) is 0 Å². The maximum absolute atomic E-state index is 12.3. The molecule has 5 rings (SSSR count). The number of rotatable bonds is 5. The van der Waals surface area contributed by atoms with Crippen LogP contribution in [0.25, 0.3) is 21.8 Å². The van der Waals surface area contributed by atoms with Crippen LogP contribution in [0.1, 0.15) is 21.9 Å². The molecule has 5 heteroatoms. The summed E-state index contributed by atoms with van der Waals surface area (Å²) in [5.41, 5.74) is 3.17. The molecule has 0 saturated heterocycles. The zero-order valence-corrected chi connectivity index (χ0v) is 15.7. The monoisotopic (exact) mass is 381 g/mol. The Bertz CT molecular complexity index is 1300. The molecule has 0 radical (unpaired) electrons. The van der Waals surface area contributed by atoms with E-state index in [1.807, 2.05) is 24.3 Å². The summed E-state index contributed by atoms with van der Waals surface area (Å²) in [5, 5.41) is 5.34. The Kier molecular flexibility index (Phi) is 4.33. The van der Waals surface area contributed by atoms with Crippen molar-refractivity contribution in [1.82, 2.24) is 14.9 Å². The molecule has 0 atom stereocenters. The molecule has 0 aliphatic rings. The molecule has 0 fully saturated rings. The summed E-state index contributed by atoms with van der Waals surface area (Å²) >= 11 is 0. The van der Waals surface area contributed by atoms with Crippen LogP contribution in [0.2, 0.25) is 0 Å². The average Bonchev–Trinajstić information content (AvgIpc) is 3.41. The fourth-order valence-electron chi connectivity index (χ4n) is 3.69. The van der Waals surface area contributed by atoms with Crippen LogP contribution in [0.5, 0.6) is 0 Å². The van der Waals surface area contributed by atoms with E-state index in [0.29, 0.717) is 18.8 Å². The molecule has 1 amide bonds. The van der Waals surface area contributed by atoms with Crippen molar-refractivity contribution >= 4 is 27.7 Å². The molecule has 2 heterocycles. The molecule has 142 valence electrons. The average molecular weight is 381 g/mol. The number of para-hydroxylation sites is 2. The molecule has 0 unspecified atom stereocenters. The molecule has 3 aromatic carbocycles. The van der Waals surface area contributed by atoms with Gasteiger partial charge in [-0.25, -0.2) is 4.98 Å². The maximum atomic E-state index is 12.3. The molecule has 0 saturated carbocycles. The lowest BCUT2D eigenvalue weighted by molar-refractivity contribution is 0.0922. The Hall–Kier alpha value is -3.86. The smallest absolute Gasteiger partial charge is 0.287 e. The second-order valence-corrected chi connectivity index (χ2v) is 6.90. The predicted molar refractivity (Wildman–Crippen MR) is 113 cm³/mol. The number of imidazole rings is 1. The largest absolute Gasteiger partial charge is 0.459 e. The van der Waals surface area contributed by atoms with Gasteiger partial charge in [-0.1, -0.05) is 54.6 Å². The van der Waals surface area contributed by atoms with Gasteiger partial charge >= 0.3 is 0 Å². The van der Waals surface area contributed by atoms with Crippen LogP contribution in [-0.4, -0.2) is 15.5 Å². The van der Waals surface area contributed by atoms with Crippen molar-refractivity contribution in [2.24, 2.45) is 0 Å². The van der Waals surface area contributed by atoms with Gasteiger partial charge in [0.25, 0.3) is 5.91 Å². The highest BCUT2D eigenvalue weighted by molar-refractivity contribution is 5.91. The Morgan fingerprint density at radius 2 is 1.76 bits per heavy atom. The Morgan fingerprint density at radius 1 is 0.931 bits per heavy atom. The van der Waals surface area contributed by atoms with Gasteiger partial charge in [-0.3, -0.25) is 4.79 Å². The molecule has 29 heavy (non-hydrogen) atoms. The van der Waals surface area contributed by atoms with E-state index in [0.717, 1.165) is 16.9 Å². The highest BCUT2D eigenvalue weighted by Crippen LogP contribution is 2.23. The summed E-state index contributed by atoms with van der Waals surface area (Å²) in [5.74, 6) is 0.847. The molecule has 0 spiro atoms. The van der Waals surface area contributed by atoms with E-state index in [2.05, 4.69) is 52.3 Å². The number of fused-ring (bicyclic) bond motifs is 2. The van der Waals surface area contributed by atoms with Crippen molar-refractivity contribution in [2.45, 2.75) is 13.1 Å². The van der Waals surface area contributed by atoms with Crippen LogP contribution in [0, 0.1) is 0 Å². The standard InChI is InChI=1S/C24H19N3O2/c28-24(22-13-6-14-29-22)25-15-23-26-20-11-3-4-12-21(20)27(23)16-18-9-5-8-17-7-1-2-10-19(17)18/h1-14H,15-16H2,(H,25,28). The lowest BCUT2D eigenvalue weighted by Crippen LogP contribution is -2.24. The summed E-state index contributed by atoms with van der Waals surface area (Å²) < 4.78 is 7.34. The van der Waals surface area contributed by atoms with Crippen molar-refractivity contribution in [1.29, 1.82) is 0 Å². The summed E-state index contributed by atoms with van der Waals surface area (Å²) in [4.78, 5) is 17.1. The molecule has 5 aromatic rings. The van der Waals surface area contributed by atoms with E-state index in [4.69, 9.17) is 9.40 Å². The highest BCUT2D eigenvalue weighted by Gasteiger charge is 2.14. The number of amides is 1. The highest BCUT2D eigenvalue weighted by atomic mass is 16.3. The van der Waals surface area contributed by atoms with E-state index in [1.165, 1.54) is 22.6 Å². The number of carbonyl (C=O) groups is 1. The summed E-state index contributed by atoms with van der Waals surface area (Å²) in [6.07, 6.45) is 1.49. The second kappa shape index (κ2) is 7.28. The second-order valence-electron chi connectivity index (χ2n) is 6.90. The lowest BCUT2D eigenvalue weighted by atomic mass is 10.0. The normalized spacial score (nSPS) is 11.2. The fourth-order valence-corrected chi connectivity index (χ4v) is 3.69. The van der Waals surface area contributed by atoms with E-state index < -0.39 is 0 Å². The van der Waals surface area contributed by atoms with Crippen LogP contribution in [0.15, 0.2) is 89.5 Å². The van der Waals surface area contributed by atoms with Crippen molar-refractivity contribution in [3.8, 4) is 0 Å². The van der Waals surface area contributed by atoms with Gasteiger partial charge in [0.1, 0.15) is 5.82 Å². The van der Waals surface area contributed by atoms with Crippen LogP contribution < -0.4 is 5.32 Å². The molecule has 0 aliphatic heterocycles. The van der Waals surface area contributed by atoms with Crippen LogP contribution in [0.4, 0.5) is 0 Å². The van der Waals surface area contributed by atoms with E-state index in [1.54, 1.807) is 12.1 Å². The Labute approximate surface area is 167 Å². The summed E-state index contributed by atoms with van der Waals surface area (Å²) in [7, 11) is 0. The zero-order chi connectivity index (χ0) is 19.6. The first-order valence-corrected chi connectivity index (χ1v) is 9.52. The first kappa shape index (κ1) is 17.3. The van der Waals surface area contributed by atoms with Gasteiger partial charge in [0.05, 0.1) is 30.4 Å². The predicted octanol–water partition coefficient (Wildman–Crippen LogP) is 4.76. The van der Waals surface area contributed by atoms with Gasteiger partial charge in [0, 0.05) is 0 Å². The first-order valence-electron chi connectivity index (χ1n) is 9.52. The molecule has 0 aliphatic carbocycles. The minimum Gasteiger partial charge on any atom is -0.459 e. The number of nitrogens with one attached hydrogen (secondary N) is 1. The number of nitrogens with zero attached hydrogens (tertiary/aromatic N) is 2. The number of aromatic nitrogens is 2. The van der Waals surface area contributed by atoms with Gasteiger partial charge < -0.3 is 14.3 Å². The Balaban J connectivity index is 1.52. The topological polar surface area (TPSA) is 60.1 Å². The van der Waals surface area contributed by atoms with Crippen LogP contribution >= 0.6 is 0 Å². The molecular weight excluding hydrogens is 362 g/mol. The zero-order valence-electron chi connectivity index (χ0n) is 15.7. The maximum Gasteiger partial charge on any atom is 0.287 e. The fraction of sp³-hybridized carbons (Fsp3) is 0.0833. The molecule has 2 aromatic heterocycles. The van der Waals surface area contributed by atoms with E-state index in [-0.39, 0.29) is 5.91 Å². The molecule has 1 N–H and O–H groups in total. The van der Waals surface area contributed by atoms with E-state index >= 15 is 0 Å². The van der Waals surface area contributed by atoms with Crippen LogP contribution in [0.3, 0.4) is 0 Å². The van der Waals surface area contributed by atoms with Gasteiger partial charge in [-0.05, 0) is 40.6 Å². The van der Waals surface area contributed by atoms with Gasteiger partial charge in [0.2, 0.25) is 0 Å². The summed E-state index contributed by atoms with van der Waals surface area (Å²) in [6, 6.07) is 26.1. The molecule has 0 bridgehead atoms. The molecule has 5 nitrogen and oxygen atoms in total. The minimum atomic E-state index is -0.251. The number of hydrogen-bond donors (Lipinski definition) is 1. The van der Waals surface area contributed by atoms with Gasteiger partial charge in [0.15, 0.2) is 5.76 Å². The lowest BCUT2D eigenvalue weighted by Gasteiger charge is -2.12. The summed E-state index contributed by atoms with van der Waals surface area (Å²) in [6.45, 7) is 0.993. The quantitative estimate of drug-likeness (QED) is 0.477. The number of benzene rings is 3. The number of furan rings is 1. The van der Waals surface area contributed by atoms with Crippen molar-refractivity contribution in [3.63, 3.8) is 0 Å². The van der Waals surface area contributed by atoms with E-state index in [9.17, 15) is 4.79 Å². The van der Waals surface area contributed by atoms with Crippen molar-refractivity contribution < 1.29 is 9.21 Å². The van der Waals surface area contributed by atoms with Gasteiger partial charge in [-0.2, -0.15) is 0 Å². The van der Waals surface area contributed by atoms with Crippen LogP contribution in [-0.2, 0) is 13.1 Å². The third-order valence-electron chi connectivity index (χ3n) is 5.09. The third-order valence-corrected chi connectivity index (χ3v) is 5.09. The number of carbonyl (C=O) groups excluding carboxylic acids is 1. The first-order chi connectivity index (χ1) is 14.3. The van der Waals surface area contributed by atoms with Crippen molar-refractivity contribution in [3.05, 3.63) is 102 Å². The van der Waals surface area contributed by atoms with Crippen molar-refractivity contribution in [2.75, 3.05) is 0 Å². The minimum absolute atomic E-state index is 0.251. The number of hydrogen-bond acceptors (Lipinski definition) is 3. The molecular formula is C24H19N3O2. The SMILES string of the molecule is O=C(NCc1nc2ccccc2n1Cc1cccc2ccccc12)c1ccco1. The Morgan fingerprint density at radius 3 is 2.66 bits per heavy atom. The third kappa shape index (κ3) is 3.27.